The van der Waals surface area contributed by atoms with Crippen LogP contribution in [0.4, 0.5) is 16.4 Å². The van der Waals surface area contributed by atoms with E-state index < -0.39 is 77.3 Å². The van der Waals surface area contributed by atoms with Crippen LogP contribution in [0.3, 0.4) is 0 Å². The minimum atomic E-state index is -2.46. The zero-order valence-electron chi connectivity index (χ0n) is 67.1. The Labute approximate surface area is 692 Å². The van der Waals surface area contributed by atoms with Gasteiger partial charge in [0.1, 0.15) is 60.5 Å². The molecule has 3 aromatic heterocycles. The van der Waals surface area contributed by atoms with Crippen LogP contribution in [0, 0.1) is 22.7 Å². The number of hydrogen-bond acceptors (Lipinski definition) is 23. The molecule has 4 unspecified atom stereocenters. The van der Waals surface area contributed by atoms with E-state index >= 15 is 0 Å². The monoisotopic (exact) mass is 1650 g/mol. The minimum Gasteiger partial charge on any atom is -0.497 e. The molecule has 31 heteroatoms. The number of anilines is 2. The second kappa shape index (κ2) is 40.9. The number of nitrogens with zero attached hydrogens (tertiary/aromatic N) is 10. The van der Waals surface area contributed by atoms with Crippen molar-refractivity contribution in [1.29, 1.82) is 10.5 Å². The molecular weight excluding hydrogens is 1560 g/mol. The van der Waals surface area contributed by atoms with E-state index in [1.54, 1.807) is 56.4 Å². The average Bonchev–Trinajstić information content (AvgIpc) is 0.871. The smallest absolute Gasteiger partial charge is 0.409 e. The van der Waals surface area contributed by atoms with E-state index in [2.05, 4.69) is 72.0 Å². The van der Waals surface area contributed by atoms with Gasteiger partial charge < -0.3 is 71.9 Å². The number of rotatable bonds is 39. The molecule has 10 aromatic rings. The molecule has 7 aromatic carbocycles. The molecule has 8 atom stereocenters. The van der Waals surface area contributed by atoms with Crippen LogP contribution in [0.2, 0.25) is 0 Å². The van der Waals surface area contributed by atoms with Crippen molar-refractivity contribution in [2.75, 3.05) is 71.5 Å². The van der Waals surface area contributed by atoms with Crippen LogP contribution in [0.15, 0.2) is 212 Å². The standard InChI is InChI=1S/C88H95N13O16P2/c1-58(2)101(59(3)4)118(111-47-19-43-89)116-73-50-80(99-46-42-77(96-86(99)105)95-85(104)62-32-30-61(31-33-62)52-91-79(103)49-60-21-10-8-11-22-60)115-76(73)55-113-119(112-48-20-44-90)117-74-51-81(114-75(74)54-110-88(63-23-12-9-13-24-63,64-34-38-66(107-6)39-35-64)65-36-40-67(108-7)41-37-65)100-57-94-82-83(92-56-93-84(82)100)97-78(102)29-18-45-98(5)87(106)109-53-72-70-27-16-14-25-68(70)69-26-15-17-28-71(69)72/h8-17,21-28,30-42,46,56-59,72-76,80-81H,18-20,29,45,47-55H2,1-7H3,(H,91,103)(H,92,93,97,102)(H,95,96,104,105)/t73?,74?,75-,76-,80-,81-,118?,119?/m1/s1. The highest BCUT2D eigenvalue weighted by molar-refractivity contribution is 7.44. The van der Waals surface area contributed by atoms with Gasteiger partial charge in [0.15, 0.2) is 17.0 Å². The predicted octanol–water partition coefficient (Wildman–Crippen LogP) is 14.6. The van der Waals surface area contributed by atoms with Crippen LogP contribution in [0.25, 0.3) is 22.3 Å². The molecule has 119 heavy (non-hydrogen) atoms. The van der Waals surface area contributed by atoms with Gasteiger partial charge in [-0.2, -0.15) is 15.5 Å². The van der Waals surface area contributed by atoms with Crippen LogP contribution in [0.5, 0.6) is 11.5 Å². The van der Waals surface area contributed by atoms with Crippen molar-refractivity contribution in [3.05, 3.63) is 262 Å². The maximum atomic E-state index is 14.3. The first kappa shape index (κ1) is 85.6. The molecule has 2 fully saturated rings. The molecule has 0 radical (unpaired) electrons. The third kappa shape index (κ3) is 21.1. The Kier molecular flexibility index (Phi) is 29.4. The van der Waals surface area contributed by atoms with Crippen molar-refractivity contribution in [2.24, 2.45) is 0 Å². The SMILES string of the molecule is COc1ccc(C(OC[C@H]2O[C@@H](n3cnc4c(NC(=O)CCCN(C)C(=O)OCC5c6ccccc6-c6ccccc65)ncnc43)CC2OP(OCCC#N)OC[C@H]2O[C@@H](n3ccc(NC(=O)c4ccc(CNC(=O)Cc5ccccc5)cc4)nc3=O)CC2OP(OCCC#N)N(C(C)C)C(C)C)(c2ccccc2)c2ccc(OC)cc2)cc1. The molecule has 3 aliphatic rings. The number of ether oxygens (including phenoxy) is 6. The summed E-state index contributed by atoms with van der Waals surface area (Å²) < 4.78 is 77.6. The molecular formula is C88H95N13O16P2. The van der Waals surface area contributed by atoms with Gasteiger partial charge >= 0.3 is 20.4 Å². The highest BCUT2D eigenvalue weighted by atomic mass is 31.2. The summed E-state index contributed by atoms with van der Waals surface area (Å²) >= 11 is 0. The predicted molar refractivity (Wildman–Crippen MR) is 445 cm³/mol. The molecule has 618 valence electrons. The Morgan fingerprint density at radius 2 is 1.22 bits per heavy atom. The first-order valence-corrected chi connectivity index (χ1v) is 41.6. The molecule has 1 aliphatic carbocycles. The Morgan fingerprint density at radius 3 is 1.84 bits per heavy atom. The third-order valence-electron chi connectivity index (χ3n) is 20.6. The number of carbonyl (C=O) groups excluding carboxylic acids is 4. The van der Waals surface area contributed by atoms with Gasteiger partial charge in [-0.15, -0.1) is 0 Å². The number of nitrogens with one attached hydrogen (secondary N) is 3. The average molecular weight is 1650 g/mol. The lowest BCUT2D eigenvalue weighted by Crippen LogP contribution is -2.38. The van der Waals surface area contributed by atoms with Gasteiger partial charge in [0.25, 0.3) is 14.4 Å². The zero-order valence-corrected chi connectivity index (χ0v) is 68.9. The maximum Gasteiger partial charge on any atom is 0.409 e. The third-order valence-corrected chi connectivity index (χ3v) is 24.0. The number of aromatic nitrogens is 6. The molecule has 29 nitrogen and oxygen atoms in total. The van der Waals surface area contributed by atoms with Crippen molar-refractivity contribution >= 4 is 63.7 Å². The maximum absolute atomic E-state index is 14.3. The van der Waals surface area contributed by atoms with Crippen molar-refractivity contribution in [1.82, 2.24) is 44.0 Å². The number of fused-ring (bicyclic) bond motifs is 4. The van der Waals surface area contributed by atoms with Gasteiger partial charge in [0, 0.05) is 69.2 Å². The van der Waals surface area contributed by atoms with E-state index in [9.17, 15) is 34.5 Å². The number of carbonyl (C=O) groups is 4. The fourth-order valence-corrected chi connectivity index (χ4v) is 17.7. The van der Waals surface area contributed by atoms with E-state index in [4.69, 9.17) is 56.0 Å². The summed E-state index contributed by atoms with van der Waals surface area (Å²) in [6.07, 6.45) is -0.990. The van der Waals surface area contributed by atoms with Gasteiger partial charge in [0.2, 0.25) is 11.8 Å². The first-order chi connectivity index (χ1) is 57.9. The molecule has 0 saturated carbocycles. The summed E-state index contributed by atoms with van der Waals surface area (Å²) in [7, 11) is 0.473. The Balaban J connectivity index is 0.751. The van der Waals surface area contributed by atoms with Crippen LogP contribution in [-0.2, 0) is 69.7 Å². The summed E-state index contributed by atoms with van der Waals surface area (Å²) in [5.74, 6) is 0.222. The van der Waals surface area contributed by atoms with Crippen LogP contribution in [0.1, 0.15) is 134 Å². The van der Waals surface area contributed by atoms with Crippen LogP contribution < -0.4 is 31.1 Å². The largest absolute Gasteiger partial charge is 0.497 e. The second-order valence-electron chi connectivity index (χ2n) is 29.2. The Morgan fingerprint density at radius 1 is 0.630 bits per heavy atom. The summed E-state index contributed by atoms with van der Waals surface area (Å²) in [5.41, 5.74) is 7.17. The van der Waals surface area contributed by atoms with Gasteiger partial charge in [-0.25, -0.2) is 29.2 Å². The summed E-state index contributed by atoms with van der Waals surface area (Å²) in [6.45, 7) is 8.23. The first-order valence-electron chi connectivity index (χ1n) is 39.4. The molecule has 5 heterocycles. The number of hydrogen-bond donors (Lipinski definition) is 3. The molecule has 13 rings (SSSR count). The van der Waals surface area contributed by atoms with Gasteiger partial charge in [-0.3, -0.25) is 23.5 Å². The van der Waals surface area contributed by atoms with Gasteiger partial charge in [0.05, 0.1) is 90.6 Å². The highest BCUT2D eigenvalue weighted by Crippen LogP contribution is 2.53. The zero-order chi connectivity index (χ0) is 83.4. The van der Waals surface area contributed by atoms with E-state index in [-0.39, 0.29) is 137 Å². The van der Waals surface area contributed by atoms with E-state index in [1.165, 1.54) is 28.1 Å². The number of methoxy groups -OCH3 is 2. The Hall–Kier alpha value is -11.3. The lowest BCUT2D eigenvalue weighted by atomic mass is 9.80. The molecule has 2 saturated heterocycles. The number of amides is 4. The fraction of sp³-hybridized carbons (Fsp3) is 0.352. The molecule has 0 spiro atoms. The minimum absolute atomic E-state index is 0.0179. The van der Waals surface area contributed by atoms with Gasteiger partial charge in [-0.1, -0.05) is 146 Å². The summed E-state index contributed by atoms with van der Waals surface area (Å²) in [6, 6.07) is 63.0. The lowest BCUT2D eigenvalue weighted by molar-refractivity contribution is -0.120. The van der Waals surface area contributed by atoms with E-state index in [1.807, 2.05) is 161 Å². The molecule has 2 aliphatic heterocycles. The van der Waals surface area contributed by atoms with E-state index in [0.29, 0.717) is 23.6 Å². The number of imidazole rings is 1. The summed E-state index contributed by atoms with van der Waals surface area (Å²) in [5, 5.41) is 28.2. The highest BCUT2D eigenvalue weighted by Gasteiger charge is 2.47. The normalized spacial score (nSPS) is 17.4. The number of nitriles is 2. The van der Waals surface area contributed by atoms with Crippen LogP contribution in [-0.4, -0.2) is 160 Å². The van der Waals surface area contributed by atoms with Crippen molar-refractivity contribution < 1.29 is 70.2 Å². The van der Waals surface area contributed by atoms with Gasteiger partial charge in [-0.05, 0) is 127 Å². The molecule has 3 N–H and O–H groups in total. The number of benzene rings is 7. The quantitative estimate of drug-likeness (QED) is 0.0183. The van der Waals surface area contributed by atoms with Crippen molar-refractivity contribution in [3.63, 3.8) is 0 Å². The molecule has 4 amide bonds. The lowest BCUT2D eigenvalue weighted by Gasteiger charge is -2.37. The van der Waals surface area contributed by atoms with E-state index in [0.717, 1.165) is 50.1 Å². The van der Waals surface area contributed by atoms with Crippen LogP contribution >= 0.6 is 17.1 Å². The van der Waals surface area contributed by atoms with Crippen molar-refractivity contribution in [2.45, 2.75) is 140 Å². The topological polar surface area (TPSA) is 338 Å². The fourth-order valence-electron chi connectivity index (χ4n) is 14.8. The van der Waals surface area contributed by atoms with Crippen molar-refractivity contribution in [3.8, 4) is 34.8 Å². The Bertz CT molecular complexity index is 5130. The second-order valence-corrected chi connectivity index (χ2v) is 31.7. The summed E-state index contributed by atoms with van der Waals surface area (Å²) in [4.78, 5) is 87.5. The molecule has 0 bridgehead atoms.